The van der Waals surface area contributed by atoms with Crippen molar-refractivity contribution < 1.29 is 23.8 Å². The van der Waals surface area contributed by atoms with Gasteiger partial charge in [-0.3, -0.25) is 9.69 Å². The van der Waals surface area contributed by atoms with Crippen molar-refractivity contribution in [1.82, 2.24) is 0 Å². The maximum Gasteiger partial charge on any atom is 0.414 e. The maximum atomic E-state index is 12.4. The predicted octanol–water partition coefficient (Wildman–Crippen LogP) is 4.80. The highest BCUT2D eigenvalue weighted by Gasteiger charge is 2.21. The van der Waals surface area contributed by atoms with E-state index in [1.54, 1.807) is 24.3 Å². The van der Waals surface area contributed by atoms with Crippen LogP contribution in [0.1, 0.15) is 36.5 Å². The molecule has 29 heavy (non-hydrogen) atoms. The maximum absolute atomic E-state index is 12.4. The molecule has 0 saturated heterocycles. The average molecular weight is 399 g/mol. The summed E-state index contributed by atoms with van der Waals surface area (Å²) in [5, 5.41) is 0. The zero-order valence-electron chi connectivity index (χ0n) is 17.6. The molecule has 2 rings (SSSR count). The van der Waals surface area contributed by atoms with Crippen molar-refractivity contribution in [3.05, 3.63) is 59.2 Å². The Hall–Kier alpha value is -3.02. The molecule has 156 valence electrons. The van der Waals surface area contributed by atoms with Crippen LogP contribution in [0.4, 0.5) is 10.5 Å². The summed E-state index contributed by atoms with van der Waals surface area (Å²) in [4.78, 5) is 25.4. The normalized spacial score (nSPS) is 10.3. The Balaban J connectivity index is 2.07. The van der Waals surface area contributed by atoms with Crippen LogP contribution in [0.2, 0.25) is 0 Å². The van der Waals surface area contributed by atoms with Gasteiger partial charge in [-0.25, -0.2) is 4.79 Å². The van der Waals surface area contributed by atoms with Crippen LogP contribution in [0.3, 0.4) is 0 Å². The molecule has 0 aliphatic rings. The van der Waals surface area contributed by atoms with E-state index < -0.39 is 12.1 Å². The highest BCUT2D eigenvalue weighted by Crippen LogP contribution is 2.22. The summed E-state index contributed by atoms with van der Waals surface area (Å²) in [7, 11) is 1.28. The fourth-order valence-electron chi connectivity index (χ4n) is 2.68. The van der Waals surface area contributed by atoms with Crippen LogP contribution in [-0.2, 0) is 20.9 Å². The third-order valence-corrected chi connectivity index (χ3v) is 4.51. The molecule has 0 fully saturated rings. The molecule has 2 aromatic rings. The number of hydrogen-bond acceptors (Lipinski definition) is 5. The first-order valence-corrected chi connectivity index (χ1v) is 9.74. The Kier molecular flexibility index (Phi) is 8.52. The number of carbonyl (C=O) groups excluding carboxylic acids is 2. The Labute approximate surface area is 172 Å². The van der Waals surface area contributed by atoms with Gasteiger partial charge in [-0.15, -0.1) is 0 Å². The summed E-state index contributed by atoms with van der Waals surface area (Å²) < 4.78 is 15.8. The quantitative estimate of drug-likeness (QED) is 0.448. The zero-order valence-corrected chi connectivity index (χ0v) is 17.6. The van der Waals surface area contributed by atoms with Gasteiger partial charge in [0.05, 0.1) is 13.7 Å². The van der Waals surface area contributed by atoms with Crippen molar-refractivity contribution in [2.24, 2.45) is 0 Å². The number of nitrogens with zero attached hydrogens (tertiary/aromatic N) is 1. The number of unbranched alkanes of at least 4 members (excludes halogenated alkanes) is 1. The monoisotopic (exact) mass is 399 g/mol. The first-order chi connectivity index (χ1) is 13.9. The third-order valence-electron chi connectivity index (χ3n) is 4.51. The van der Waals surface area contributed by atoms with E-state index in [1.165, 1.54) is 23.1 Å². The average Bonchev–Trinajstić information content (AvgIpc) is 2.73. The number of anilines is 1. The van der Waals surface area contributed by atoms with E-state index in [0.717, 1.165) is 18.4 Å². The third kappa shape index (κ3) is 6.82. The fraction of sp³-hybridized carbons (Fsp3) is 0.391. The molecular weight excluding hydrogens is 370 g/mol. The summed E-state index contributed by atoms with van der Waals surface area (Å²) in [6.45, 7) is 6.66. The van der Waals surface area contributed by atoms with Gasteiger partial charge in [0, 0.05) is 5.69 Å². The first-order valence-electron chi connectivity index (χ1n) is 9.74. The minimum absolute atomic E-state index is 0.218. The number of benzene rings is 2. The highest BCUT2D eigenvalue weighted by atomic mass is 16.6. The minimum atomic E-state index is -0.576. The number of hydrogen-bond donors (Lipinski definition) is 0. The Morgan fingerprint density at radius 3 is 2.41 bits per heavy atom. The van der Waals surface area contributed by atoms with Crippen molar-refractivity contribution >= 4 is 17.7 Å². The van der Waals surface area contributed by atoms with Crippen molar-refractivity contribution in [2.75, 3.05) is 25.2 Å². The standard InChI is InChI=1S/C23H29NO5/c1-5-6-13-28-23(26)24(15-22(25)27-4)20-9-11-21(12-10-20)29-16-19-14-17(2)7-8-18(19)3/h7-12,14H,5-6,13,15-16H2,1-4H3. The molecule has 0 spiro atoms. The van der Waals surface area contributed by atoms with Crippen LogP contribution in [-0.4, -0.2) is 32.3 Å². The summed E-state index contributed by atoms with van der Waals surface area (Å²) in [5.41, 5.74) is 4.02. The van der Waals surface area contributed by atoms with E-state index in [4.69, 9.17) is 14.2 Å². The van der Waals surface area contributed by atoms with Gasteiger partial charge in [0.2, 0.25) is 0 Å². The lowest BCUT2D eigenvalue weighted by molar-refractivity contribution is -0.138. The van der Waals surface area contributed by atoms with Crippen LogP contribution in [0.5, 0.6) is 5.75 Å². The van der Waals surface area contributed by atoms with E-state index in [2.05, 4.69) is 25.1 Å². The molecule has 1 amide bonds. The summed E-state index contributed by atoms with van der Waals surface area (Å²) in [5.74, 6) is 0.153. The first kappa shape index (κ1) is 22.3. The molecular formula is C23H29NO5. The van der Waals surface area contributed by atoms with E-state index in [0.29, 0.717) is 24.7 Å². The number of methoxy groups -OCH3 is 1. The molecule has 2 aromatic carbocycles. The second kappa shape index (κ2) is 11.1. The van der Waals surface area contributed by atoms with Crippen LogP contribution < -0.4 is 9.64 Å². The molecule has 0 N–H and O–H groups in total. The SMILES string of the molecule is CCCCOC(=O)N(CC(=O)OC)c1ccc(OCc2cc(C)ccc2C)cc1. The molecule has 0 aliphatic carbocycles. The largest absolute Gasteiger partial charge is 0.489 e. The number of carbonyl (C=O) groups is 2. The van der Waals surface area contributed by atoms with E-state index in [9.17, 15) is 9.59 Å². The van der Waals surface area contributed by atoms with Gasteiger partial charge in [0.1, 0.15) is 18.9 Å². The Morgan fingerprint density at radius 1 is 1.03 bits per heavy atom. The fourth-order valence-corrected chi connectivity index (χ4v) is 2.68. The number of amides is 1. The van der Waals surface area contributed by atoms with Gasteiger partial charge < -0.3 is 14.2 Å². The number of esters is 1. The molecule has 6 nitrogen and oxygen atoms in total. The van der Waals surface area contributed by atoms with Gasteiger partial charge >= 0.3 is 12.1 Å². The summed E-state index contributed by atoms with van der Waals surface area (Å²) in [6, 6.07) is 13.2. The number of ether oxygens (including phenoxy) is 3. The molecule has 0 radical (unpaired) electrons. The summed E-state index contributed by atoms with van der Waals surface area (Å²) in [6.07, 6.45) is 1.10. The van der Waals surface area contributed by atoms with Gasteiger partial charge in [-0.2, -0.15) is 0 Å². The summed E-state index contributed by atoms with van der Waals surface area (Å²) >= 11 is 0. The second-order valence-corrected chi connectivity index (χ2v) is 6.84. The van der Waals surface area contributed by atoms with Gasteiger partial charge in [-0.1, -0.05) is 37.1 Å². The van der Waals surface area contributed by atoms with E-state index >= 15 is 0 Å². The zero-order chi connectivity index (χ0) is 21.2. The van der Waals surface area contributed by atoms with Gasteiger partial charge in [-0.05, 0) is 55.7 Å². The molecule has 0 saturated carbocycles. The highest BCUT2D eigenvalue weighted by molar-refractivity contribution is 5.93. The van der Waals surface area contributed by atoms with Crippen molar-refractivity contribution in [1.29, 1.82) is 0 Å². The lowest BCUT2D eigenvalue weighted by atomic mass is 10.1. The molecule has 0 unspecified atom stereocenters. The van der Waals surface area contributed by atoms with Crippen LogP contribution >= 0.6 is 0 Å². The number of aryl methyl sites for hydroxylation is 2. The molecule has 0 aliphatic heterocycles. The van der Waals surface area contributed by atoms with Crippen molar-refractivity contribution in [2.45, 2.75) is 40.2 Å². The number of rotatable bonds is 9. The predicted molar refractivity (Wildman–Crippen MR) is 112 cm³/mol. The molecule has 0 aromatic heterocycles. The molecule has 0 heterocycles. The van der Waals surface area contributed by atoms with Crippen molar-refractivity contribution in [3.8, 4) is 5.75 Å². The van der Waals surface area contributed by atoms with E-state index in [-0.39, 0.29) is 6.54 Å². The second-order valence-electron chi connectivity index (χ2n) is 6.84. The lowest BCUT2D eigenvalue weighted by Gasteiger charge is -2.21. The molecule has 0 atom stereocenters. The van der Waals surface area contributed by atoms with Crippen molar-refractivity contribution in [3.63, 3.8) is 0 Å². The smallest absolute Gasteiger partial charge is 0.414 e. The Bertz CT molecular complexity index is 817. The Morgan fingerprint density at radius 2 is 1.76 bits per heavy atom. The molecule has 6 heteroatoms. The minimum Gasteiger partial charge on any atom is -0.489 e. The molecule has 0 bridgehead atoms. The van der Waals surface area contributed by atoms with E-state index in [1.807, 2.05) is 13.8 Å². The van der Waals surface area contributed by atoms with Crippen LogP contribution in [0.15, 0.2) is 42.5 Å². The van der Waals surface area contributed by atoms with Crippen LogP contribution in [0, 0.1) is 13.8 Å². The topological polar surface area (TPSA) is 65.1 Å². The van der Waals surface area contributed by atoms with Crippen LogP contribution in [0.25, 0.3) is 0 Å². The lowest BCUT2D eigenvalue weighted by Crippen LogP contribution is -2.36. The van der Waals surface area contributed by atoms with Gasteiger partial charge in [0.15, 0.2) is 0 Å². The van der Waals surface area contributed by atoms with Gasteiger partial charge in [0.25, 0.3) is 0 Å².